The molecule has 3 nitrogen and oxygen atoms in total. The molecule has 1 aromatic rings. The van der Waals surface area contributed by atoms with Crippen LogP contribution in [0.25, 0.3) is 0 Å². The van der Waals surface area contributed by atoms with Gasteiger partial charge in [0, 0.05) is 18.3 Å². The average molecular weight is 275 g/mol. The second-order valence-electron chi connectivity index (χ2n) is 5.49. The van der Waals surface area contributed by atoms with Crippen molar-refractivity contribution in [1.29, 1.82) is 0 Å². The second-order valence-corrected chi connectivity index (χ2v) is 5.49. The smallest absolute Gasteiger partial charge is 0.379 e. The fourth-order valence-electron chi connectivity index (χ4n) is 2.60. The molecule has 1 fully saturated rings. The molecule has 6 heteroatoms. The van der Waals surface area contributed by atoms with Gasteiger partial charge >= 0.3 is 6.18 Å². The summed E-state index contributed by atoms with van der Waals surface area (Å²) in [5.74, 6) is -1.25. The van der Waals surface area contributed by atoms with Crippen LogP contribution in [0.3, 0.4) is 0 Å². The number of nitrogens with zero attached hydrogens (tertiary/aromatic N) is 2. The Kier molecular flexibility index (Phi) is 4.06. The highest BCUT2D eigenvalue weighted by Crippen LogP contribution is 2.38. The number of halogens is 3. The van der Waals surface area contributed by atoms with Crippen LogP contribution in [0, 0.1) is 5.92 Å². The van der Waals surface area contributed by atoms with E-state index >= 15 is 0 Å². The van der Waals surface area contributed by atoms with E-state index in [2.05, 4.69) is 10.4 Å². The lowest BCUT2D eigenvalue weighted by atomic mass is 9.84. The first kappa shape index (κ1) is 14.2. The highest BCUT2D eigenvalue weighted by atomic mass is 19.4. The molecule has 108 valence electrons. The fourth-order valence-corrected chi connectivity index (χ4v) is 2.60. The van der Waals surface area contributed by atoms with Crippen LogP contribution in [-0.2, 0) is 0 Å². The van der Waals surface area contributed by atoms with E-state index in [1.54, 1.807) is 17.1 Å². The van der Waals surface area contributed by atoms with Gasteiger partial charge in [-0.15, -0.1) is 0 Å². The molecule has 2 unspecified atom stereocenters. The van der Waals surface area contributed by atoms with Crippen molar-refractivity contribution >= 4 is 5.69 Å². The normalized spacial score (nSPS) is 24.7. The minimum atomic E-state index is -4.12. The summed E-state index contributed by atoms with van der Waals surface area (Å²) in [6.07, 6.45) is 1.55. The zero-order valence-corrected chi connectivity index (χ0v) is 11.2. The van der Waals surface area contributed by atoms with Crippen LogP contribution in [0.4, 0.5) is 18.9 Å². The molecule has 1 heterocycles. The number of anilines is 1. The first-order valence-corrected chi connectivity index (χ1v) is 6.75. The SMILES string of the molecule is CC(C)n1cc(NC2CCCCC2C(F)(F)F)cn1. The molecule has 0 aromatic carbocycles. The summed E-state index contributed by atoms with van der Waals surface area (Å²) in [4.78, 5) is 0. The molecule has 1 aliphatic rings. The zero-order chi connectivity index (χ0) is 14.0. The first-order valence-electron chi connectivity index (χ1n) is 6.75. The summed E-state index contributed by atoms with van der Waals surface area (Å²) in [7, 11) is 0. The van der Waals surface area contributed by atoms with Gasteiger partial charge in [-0.1, -0.05) is 12.8 Å². The Bertz CT molecular complexity index is 412. The van der Waals surface area contributed by atoms with Crippen molar-refractivity contribution in [3.8, 4) is 0 Å². The summed E-state index contributed by atoms with van der Waals surface area (Å²) in [6, 6.07) is -0.320. The van der Waals surface area contributed by atoms with E-state index in [4.69, 9.17) is 0 Å². The molecule has 0 radical (unpaired) electrons. The third-order valence-electron chi connectivity index (χ3n) is 3.67. The summed E-state index contributed by atoms with van der Waals surface area (Å²) < 4.78 is 40.6. The Balaban J connectivity index is 2.06. The van der Waals surface area contributed by atoms with E-state index in [0.717, 1.165) is 6.42 Å². The average Bonchev–Trinajstić information content (AvgIpc) is 2.77. The van der Waals surface area contributed by atoms with Gasteiger partial charge in [-0.2, -0.15) is 18.3 Å². The minimum Gasteiger partial charge on any atom is -0.379 e. The first-order chi connectivity index (χ1) is 8.88. The molecule has 1 aliphatic carbocycles. The van der Waals surface area contributed by atoms with Crippen molar-refractivity contribution < 1.29 is 13.2 Å². The van der Waals surface area contributed by atoms with Gasteiger partial charge in [-0.05, 0) is 26.7 Å². The van der Waals surface area contributed by atoms with Crippen LogP contribution in [0.5, 0.6) is 0 Å². The predicted octanol–water partition coefficient (Wildman–Crippen LogP) is 4.00. The number of alkyl halides is 3. The van der Waals surface area contributed by atoms with E-state index in [0.29, 0.717) is 18.5 Å². The lowest BCUT2D eigenvalue weighted by Crippen LogP contribution is -2.41. The van der Waals surface area contributed by atoms with Crippen molar-refractivity contribution in [3.63, 3.8) is 0 Å². The van der Waals surface area contributed by atoms with Gasteiger partial charge in [0.1, 0.15) is 0 Å². The Labute approximate surface area is 111 Å². The third kappa shape index (κ3) is 3.42. The van der Waals surface area contributed by atoms with Gasteiger partial charge < -0.3 is 5.32 Å². The number of aromatic nitrogens is 2. The summed E-state index contributed by atoms with van der Waals surface area (Å²) in [5.41, 5.74) is 0.676. The maximum Gasteiger partial charge on any atom is 0.393 e. The Morgan fingerprint density at radius 1 is 1.32 bits per heavy atom. The maximum atomic E-state index is 13.0. The van der Waals surface area contributed by atoms with E-state index in [9.17, 15) is 13.2 Å². The lowest BCUT2D eigenvalue weighted by Gasteiger charge is -2.33. The van der Waals surface area contributed by atoms with Gasteiger partial charge in [0.15, 0.2) is 0 Å². The van der Waals surface area contributed by atoms with Crippen molar-refractivity contribution in [2.45, 2.75) is 57.8 Å². The van der Waals surface area contributed by atoms with E-state index in [1.807, 2.05) is 13.8 Å². The van der Waals surface area contributed by atoms with Crippen LogP contribution in [0.15, 0.2) is 12.4 Å². The van der Waals surface area contributed by atoms with Gasteiger partial charge in [-0.25, -0.2) is 0 Å². The van der Waals surface area contributed by atoms with Gasteiger partial charge in [0.25, 0.3) is 0 Å². The molecule has 0 bridgehead atoms. The molecule has 1 N–H and O–H groups in total. The summed E-state index contributed by atoms with van der Waals surface area (Å²) >= 11 is 0. The van der Waals surface area contributed by atoms with Crippen LogP contribution in [0.2, 0.25) is 0 Å². The van der Waals surface area contributed by atoms with Gasteiger partial charge in [0.2, 0.25) is 0 Å². The largest absolute Gasteiger partial charge is 0.393 e. The summed E-state index contributed by atoms with van der Waals surface area (Å²) in [5, 5.41) is 7.15. The second kappa shape index (κ2) is 5.43. The topological polar surface area (TPSA) is 29.9 Å². The third-order valence-corrected chi connectivity index (χ3v) is 3.67. The minimum absolute atomic E-state index is 0.209. The van der Waals surface area contributed by atoms with E-state index in [1.165, 1.54) is 0 Å². The Morgan fingerprint density at radius 2 is 2.00 bits per heavy atom. The molecule has 19 heavy (non-hydrogen) atoms. The van der Waals surface area contributed by atoms with Gasteiger partial charge in [-0.3, -0.25) is 4.68 Å². The highest BCUT2D eigenvalue weighted by Gasteiger charge is 2.45. The Hall–Kier alpha value is -1.20. The predicted molar refractivity (Wildman–Crippen MR) is 68.0 cm³/mol. The zero-order valence-electron chi connectivity index (χ0n) is 11.2. The molecular weight excluding hydrogens is 255 g/mol. The molecule has 1 aromatic heterocycles. The highest BCUT2D eigenvalue weighted by molar-refractivity contribution is 5.39. The number of nitrogens with one attached hydrogen (secondary N) is 1. The van der Waals surface area contributed by atoms with Crippen LogP contribution in [-0.4, -0.2) is 22.0 Å². The quantitative estimate of drug-likeness (QED) is 0.903. The standard InChI is InChI=1S/C13H20F3N3/c1-9(2)19-8-10(7-17-19)18-12-6-4-3-5-11(12)13(14,15)16/h7-9,11-12,18H,3-6H2,1-2H3. The fraction of sp³-hybridized carbons (Fsp3) is 0.769. The van der Waals surface area contributed by atoms with Crippen LogP contribution in [0.1, 0.15) is 45.6 Å². The van der Waals surface area contributed by atoms with Crippen molar-refractivity contribution in [3.05, 3.63) is 12.4 Å². The molecular formula is C13H20F3N3. The van der Waals surface area contributed by atoms with Crippen molar-refractivity contribution in [2.75, 3.05) is 5.32 Å². The Morgan fingerprint density at radius 3 is 2.58 bits per heavy atom. The molecule has 1 saturated carbocycles. The van der Waals surface area contributed by atoms with Crippen molar-refractivity contribution in [2.24, 2.45) is 5.92 Å². The van der Waals surface area contributed by atoms with Crippen LogP contribution >= 0.6 is 0 Å². The maximum absolute atomic E-state index is 13.0. The monoisotopic (exact) mass is 275 g/mol. The number of hydrogen-bond acceptors (Lipinski definition) is 2. The van der Waals surface area contributed by atoms with E-state index in [-0.39, 0.29) is 12.5 Å². The molecule has 0 aliphatic heterocycles. The molecule has 0 spiro atoms. The molecule has 2 rings (SSSR count). The number of rotatable bonds is 3. The molecule has 0 saturated heterocycles. The summed E-state index contributed by atoms with van der Waals surface area (Å²) in [6.45, 7) is 3.96. The lowest BCUT2D eigenvalue weighted by molar-refractivity contribution is -0.184. The molecule has 2 atom stereocenters. The van der Waals surface area contributed by atoms with E-state index < -0.39 is 18.1 Å². The van der Waals surface area contributed by atoms with Gasteiger partial charge in [0.05, 0.1) is 17.8 Å². The molecule has 0 amide bonds. The van der Waals surface area contributed by atoms with Crippen molar-refractivity contribution in [1.82, 2.24) is 9.78 Å². The number of hydrogen-bond donors (Lipinski definition) is 1. The van der Waals surface area contributed by atoms with Crippen LogP contribution < -0.4 is 5.32 Å².